The number of nitrogens with one attached hydrogen (secondary N) is 1. The summed E-state index contributed by atoms with van der Waals surface area (Å²) in [7, 11) is 0. The monoisotopic (exact) mass is 353 g/mol. The van der Waals surface area contributed by atoms with Crippen molar-refractivity contribution < 1.29 is 9.21 Å². The number of benzene rings is 2. The average molecular weight is 353 g/mol. The number of amides is 1. The molecule has 1 amide bonds. The van der Waals surface area contributed by atoms with Crippen LogP contribution < -0.4 is 5.32 Å². The minimum atomic E-state index is -0.324. The van der Waals surface area contributed by atoms with Crippen molar-refractivity contribution in [2.45, 2.75) is 30.9 Å². The molecule has 5 nitrogen and oxygen atoms in total. The second-order valence-electron chi connectivity index (χ2n) is 5.70. The van der Waals surface area contributed by atoms with Gasteiger partial charge >= 0.3 is 0 Å². The summed E-state index contributed by atoms with van der Waals surface area (Å²) in [6, 6.07) is 17.7. The van der Waals surface area contributed by atoms with Crippen LogP contribution in [0.4, 0.5) is 0 Å². The third kappa shape index (κ3) is 4.70. The molecule has 6 heteroatoms. The van der Waals surface area contributed by atoms with E-state index in [0.717, 1.165) is 11.1 Å². The molecule has 0 radical (unpaired) electrons. The van der Waals surface area contributed by atoms with E-state index in [4.69, 9.17) is 4.42 Å². The number of thioether (sulfide) groups is 1. The molecule has 0 saturated heterocycles. The SMILES string of the molecule is Cc1ccc(-c2nnc(S[C@@H](C)C(=O)NCc3ccccc3)o2)cc1. The van der Waals surface area contributed by atoms with Crippen LogP contribution in [0, 0.1) is 6.92 Å². The first-order chi connectivity index (χ1) is 12.1. The Labute approximate surface area is 150 Å². The van der Waals surface area contributed by atoms with Crippen LogP contribution >= 0.6 is 11.8 Å². The number of aryl methyl sites for hydroxylation is 1. The Kier molecular flexibility index (Phi) is 5.50. The number of carbonyl (C=O) groups is 1. The smallest absolute Gasteiger partial charge is 0.277 e. The van der Waals surface area contributed by atoms with E-state index in [-0.39, 0.29) is 11.2 Å². The van der Waals surface area contributed by atoms with E-state index in [1.54, 1.807) is 0 Å². The van der Waals surface area contributed by atoms with Gasteiger partial charge < -0.3 is 9.73 Å². The fourth-order valence-electron chi connectivity index (χ4n) is 2.20. The molecule has 0 spiro atoms. The minimum absolute atomic E-state index is 0.0658. The fraction of sp³-hybridized carbons (Fsp3) is 0.211. The summed E-state index contributed by atoms with van der Waals surface area (Å²) in [6.07, 6.45) is 0. The van der Waals surface area contributed by atoms with Crippen molar-refractivity contribution in [3.63, 3.8) is 0 Å². The van der Waals surface area contributed by atoms with Gasteiger partial charge in [0.1, 0.15) is 0 Å². The van der Waals surface area contributed by atoms with Crippen LogP contribution in [-0.4, -0.2) is 21.4 Å². The summed E-state index contributed by atoms with van der Waals surface area (Å²) in [4.78, 5) is 12.2. The molecule has 25 heavy (non-hydrogen) atoms. The molecule has 0 bridgehead atoms. The molecule has 3 rings (SSSR count). The Balaban J connectivity index is 1.56. The van der Waals surface area contributed by atoms with Gasteiger partial charge in [-0.3, -0.25) is 4.79 Å². The van der Waals surface area contributed by atoms with Crippen LogP contribution in [0.15, 0.2) is 64.2 Å². The highest BCUT2D eigenvalue weighted by Gasteiger charge is 2.18. The average Bonchev–Trinajstić information content (AvgIpc) is 3.09. The Bertz CT molecular complexity index is 831. The predicted molar refractivity (Wildman–Crippen MR) is 98.1 cm³/mol. The predicted octanol–water partition coefficient (Wildman–Crippen LogP) is 3.84. The Morgan fingerprint density at radius 3 is 2.56 bits per heavy atom. The molecule has 1 N–H and O–H groups in total. The van der Waals surface area contributed by atoms with Crippen LogP contribution in [0.25, 0.3) is 11.5 Å². The van der Waals surface area contributed by atoms with Crippen LogP contribution in [-0.2, 0) is 11.3 Å². The maximum absolute atomic E-state index is 12.2. The van der Waals surface area contributed by atoms with Gasteiger partial charge in [0.15, 0.2) is 0 Å². The van der Waals surface area contributed by atoms with Gasteiger partial charge in [-0.05, 0) is 31.5 Å². The summed E-state index contributed by atoms with van der Waals surface area (Å²) < 4.78 is 5.65. The largest absolute Gasteiger partial charge is 0.411 e. The maximum Gasteiger partial charge on any atom is 0.277 e. The van der Waals surface area contributed by atoms with Gasteiger partial charge in [-0.15, -0.1) is 10.2 Å². The van der Waals surface area contributed by atoms with E-state index in [0.29, 0.717) is 17.7 Å². The van der Waals surface area contributed by atoms with Gasteiger partial charge in [-0.1, -0.05) is 59.8 Å². The number of hydrogen-bond donors (Lipinski definition) is 1. The summed E-state index contributed by atoms with van der Waals surface area (Å²) in [5.41, 5.74) is 3.10. The lowest BCUT2D eigenvalue weighted by Crippen LogP contribution is -2.30. The van der Waals surface area contributed by atoms with Gasteiger partial charge in [-0.25, -0.2) is 0 Å². The zero-order valence-corrected chi connectivity index (χ0v) is 14.9. The first-order valence-electron chi connectivity index (χ1n) is 8.00. The van der Waals surface area contributed by atoms with Crippen LogP contribution in [0.1, 0.15) is 18.1 Å². The van der Waals surface area contributed by atoms with E-state index in [1.807, 2.05) is 68.4 Å². The van der Waals surface area contributed by atoms with Gasteiger partial charge in [0, 0.05) is 12.1 Å². The molecule has 0 aliphatic rings. The van der Waals surface area contributed by atoms with E-state index < -0.39 is 0 Å². The lowest BCUT2D eigenvalue weighted by Gasteiger charge is -2.09. The lowest BCUT2D eigenvalue weighted by atomic mass is 10.1. The number of aromatic nitrogens is 2. The number of carbonyl (C=O) groups excluding carboxylic acids is 1. The van der Waals surface area contributed by atoms with E-state index in [1.165, 1.54) is 17.3 Å². The molecular weight excluding hydrogens is 334 g/mol. The molecule has 0 fully saturated rings. The normalized spacial score (nSPS) is 11.9. The topological polar surface area (TPSA) is 68.0 Å². The molecule has 1 heterocycles. The highest BCUT2D eigenvalue weighted by atomic mass is 32.2. The number of nitrogens with zero attached hydrogens (tertiary/aromatic N) is 2. The molecule has 128 valence electrons. The van der Waals surface area contributed by atoms with Gasteiger partial charge in [0.25, 0.3) is 5.22 Å². The minimum Gasteiger partial charge on any atom is -0.411 e. The molecule has 3 aromatic rings. The molecule has 2 aromatic carbocycles. The van der Waals surface area contributed by atoms with Crippen molar-refractivity contribution in [3.05, 3.63) is 65.7 Å². The van der Waals surface area contributed by atoms with E-state index in [2.05, 4.69) is 15.5 Å². The maximum atomic E-state index is 12.2. The van der Waals surface area contributed by atoms with Crippen LogP contribution in [0.2, 0.25) is 0 Å². The zero-order valence-electron chi connectivity index (χ0n) is 14.1. The Morgan fingerprint density at radius 2 is 1.84 bits per heavy atom. The molecular formula is C19H19N3O2S. The van der Waals surface area contributed by atoms with E-state index in [9.17, 15) is 4.79 Å². The Hall–Kier alpha value is -2.60. The van der Waals surface area contributed by atoms with Crippen molar-refractivity contribution in [1.82, 2.24) is 15.5 Å². The van der Waals surface area contributed by atoms with E-state index >= 15 is 0 Å². The van der Waals surface area contributed by atoms with Crippen molar-refractivity contribution in [2.75, 3.05) is 0 Å². The number of hydrogen-bond acceptors (Lipinski definition) is 5. The zero-order chi connectivity index (χ0) is 17.6. The van der Waals surface area contributed by atoms with Gasteiger partial charge in [0.05, 0.1) is 5.25 Å². The van der Waals surface area contributed by atoms with Crippen molar-refractivity contribution in [3.8, 4) is 11.5 Å². The highest BCUT2D eigenvalue weighted by Crippen LogP contribution is 2.26. The third-order valence-corrected chi connectivity index (χ3v) is 4.60. The van der Waals surface area contributed by atoms with Gasteiger partial charge in [0.2, 0.25) is 11.8 Å². The molecule has 0 saturated carbocycles. The molecule has 0 unspecified atom stereocenters. The van der Waals surface area contributed by atoms with Crippen molar-refractivity contribution >= 4 is 17.7 Å². The summed E-state index contributed by atoms with van der Waals surface area (Å²) in [5.74, 6) is 0.392. The third-order valence-electron chi connectivity index (χ3n) is 3.66. The second kappa shape index (κ2) is 7.98. The summed E-state index contributed by atoms with van der Waals surface area (Å²) in [6.45, 7) is 4.35. The summed E-state index contributed by atoms with van der Waals surface area (Å²) in [5, 5.41) is 11.1. The van der Waals surface area contributed by atoms with Gasteiger partial charge in [-0.2, -0.15) is 0 Å². The lowest BCUT2D eigenvalue weighted by molar-refractivity contribution is -0.120. The fourth-order valence-corrected chi connectivity index (χ4v) is 2.91. The first-order valence-corrected chi connectivity index (χ1v) is 8.88. The highest BCUT2D eigenvalue weighted by molar-refractivity contribution is 8.00. The summed E-state index contributed by atoms with van der Waals surface area (Å²) >= 11 is 1.25. The van der Waals surface area contributed by atoms with Crippen LogP contribution in [0.5, 0.6) is 0 Å². The second-order valence-corrected chi connectivity index (χ2v) is 6.99. The Morgan fingerprint density at radius 1 is 1.12 bits per heavy atom. The molecule has 1 atom stereocenters. The molecule has 0 aliphatic heterocycles. The standard InChI is InChI=1S/C19H19N3O2S/c1-13-8-10-16(11-9-13)18-21-22-19(24-18)25-14(2)17(23)20-12-15-6-4-3-5-7-15/h3-11,14H,12H2,1-2H3,(H,20,23)/t14-/m0/s1. The number of rotatable bonds is 6. The molecule has 1 aromatic heterocycles. The van der Waals surface area contributed by atoms with Crippen molar-refractivity contribution in [1.29, 1.82) is 0 Å². The molecule has 0 aliphatic carbocycles. The first kappa shape index (κ1) is 17.2. The quantitative estimate of drug-likeness (QED) is 0.682. The van der Waals surface area contributed by atoms with Crippen molar-refractivity contribution in [2.24, 2.45) is 0 Å². The van der Waals surface area contributed by atoms with Crippen LogP contribution in [0.3, 0.4) is 0 Å².